The zero-order valence-electron chi connectivity index (χ0n) is 22.8. The second-order valence-corrected chi connectivity index (χ2v) is 11.1. The van der Waals surface area contributed by atoms with Crippen molar-refractivity contribution in [1.82, 2.24) is 19.9 Å². The molecule has 11 heteroatoms. The fourth-order valence-electron chi connectivity index (χ4n) is 5.13. The molecular weight excluding hydrogens is 505 g/mol. The predicted molar refractivity (Wildman–Crippen MR) is 141 cm³/mol. The van der Waals surface area contributed by atoms with Crippen LogP contribution in [0.5, 0.6) is 5.75 Å². The summed E-state index contributed by atoms with van der Waals surface area (Å²) in [5.41, 5.74) is 0.823. The maximum absolute atomic E-state index is 14.6. The van der Waals surface area contributed by atoms with Gasteiger partial charge in [-0.3, -0.25) is 0 Å². The fraction of sp³-hybridized carbons (Fsp3) is 0.500. The minimum atomic E-state index is -0.601. The van der Waals surface area contributed by atoms with Crippen LogP contribution in [0.1, 0.15) is 63.0 Å². The molecule has 0 radical (unpaired) electrons. The number of aromatic nitrogens is 3. The van der Waals surface area contributed by atoms with Gasteiger partial charge in [0, 0.05) is 18.3 Å². The molecule has 208 valence electrons. The van der Waals surface area contributed by atoms with E-state index in [0.717, 1.165) is 18.5 Å². The average molecular weight is 540 g/mol. The highest BCUT2D eigenvalue weighted by molar-refractivity contribution is 5.95. The van der Waals surface area contributed by atoms with E-state index in [0.29, 0.717) is 34.6 Å². The molecule has 4 atom stereocenters. The summed E-state index contributed by atoms with van der Waals surface area (Å²) in [6.07, 6.45) is 3.34. The molecule has 1 saturated carbocycles. The Hall–Kier alpha value is -3.89. The number of benzene rings is 1. The first-order valence-electron chi connectivity index (χ1n) is 13.2. The summed E-state index contributed by atoms with van der Waals surface area (Å²) >= 11 is 0. The number of hydrogen-bond acceptors (Lipinski definition) is 8. The number of alkyl carbamates (subject to hydrolysis) is 1. The van der Waals surface area contributed by atoms with Crippen LogP contribution in [0.25, 0.3) is 5.65 Å². The van der Waals surface area contributed by atoms with Crippen molar-refractivity contribution in [2.24, 2.45) is 11.8 Å². The quantitative estimate of drug-likeness (QED) is 0.416. The van der Waals surface area contributed by atoms with Crippen LogP contribution >= 0.6 is 0 Å². The summed E-state index contributed by atoms with van der Waals surface area (Å²) in [7, 11) is 0. The second-order valence-electron chi connectivity index (χ2n) is 11.1. The third kappa shape index (κ3) is 5.76. The number of rotatable bonds is 8. The maximum atomic E-state index is 14.6. The molecule has 3 unspecified atom stereocenters. The van der Waals surface area contributed by atoms with E-state index in [1.807, 2.05) is 13.0 Å². The van der Waals surface area contributed by atoms with Crippen molar-refractivity contribution in [2.75, 3.05) is 24.6 Å². The summed E-state index contributed by atoms with van der Waals surface area (Å²) < 4.78 is 32.8. The van der Waals surface area contributed by atoms with Gasteiger partial charge in [0.1, 0.15) is 34.7 Å². The van der Waals surface area contributed by atoms with E-state index in [9.17, 15) is 14.0 Å². The molecule has 10 nitrogen and oxygen atoms in total. The predicted octanol–water partition coefficient (Wildman–Crippen LogP) is 4.53. The SMILES string of the molecule is CCOC(=O)c1cnn2ccc(N3CC4CC4C3c3cc(F)ccc3O[C@@H](C)CNC(=O)OC(C)(C)C)nc12. The van der Waals surface area contributed by atoms with Gasteiger partial charge in [0.15, 0.2) is 5.65 Å². The van der Waals surface area contributed by atoms with Crippen LogP contribution in [-0.4, -0.2) is 58.1 Å². The molecule has 0 bridgehead atoms. The van der Waals surface area contributed by atoms with Gasteiger partial charge in [0.05, 0.1) is 25.4 Å². The molecule has 39 heavy (non-hydrogen) atoms. The van der Waals surface area contributed by atoms with E-state index in [-0.39, 0.29) is 31.1 Å². The van der Waals surface area contributed by atoms with Crippen LogP contribution in [-0.2, 0) is 9.47 Å². The smallest absolute Gasteiger partial charge is 0.407 e. The normalized spacial score (nSPS) is 20.9. The monoisotopic (exact) mass is 539 g/mol. The number of piperidine rings is 1. The van der Waals surface area contributed by atoms with Crippen molar-refractivity contribution < 1.29 is 28.2 Å². The Morgan fingerprint density at radius 1 is 1.26 bits per heavy atom. The van der Waals surface area contributed by atoms with Crippen molar-refractivity contribution >= 4 is 23.5 Å². The molecule has 1 N–H and O–H groups in total. The molecule has 1 saturated heterocycles. The van der Waals surface area contributed by atoms with Crippen molar-refractivity contribution in [3.05, 3.63) is 53.6 Å². The van der Waals surface area contributed by atoms with Gasteiger partial charge >= 0.3 is 12.1 Å². The molecule has 0 spiro atoms. The summed E-state index contributed by atoms with van der Waals surface area (Å²) in [5, 5.41) is 6.95. The number of halogens is 1. The van der Waals surface area contributed by atoms with Gasteiger partial charge < -0.3 is 24.4 Å². The summed E-state index contributed by atoms with van der Waals surface area (Å²) in [4.78, 5) is 31.4. The summed E-state index contributed by atoms with van der Waals surface area (Å²) in [6.45, 7) is 10.2. The number of esters is 1. The molecule has 2 aliphatic rings. The first-order chi connectivity index (χ1) is 18.5. The van der Waals surface area contributed by atoms with Crippen molar-refractivity contribution in [2.45, 2.75) is 58.8 Å². The van der Waals surface area contributed by atoms with Gasteiger partial charge in [-0.05, 0) is 77.1 Å². The van der Waals surface area contributed by atoms with Gasteiger partial charge in [-0.25, -0.2) is 23.5 Å². The highest BCUT2D eigenvalue weighted by Gasteiger charge is 2.54. The van der Waals surface area contributed by atoms with Gasteiger partial charge in [-0.1, -0.05) is 0 Å². The number of nitrogens with one attached hydrogen (secondary N) is 1. The lowest BCUT2D eigenvalue weighted by molar-refractivity contribution is 0.0501. The lowest BCUT2D eigenvalue weighted by Gasteiger charge is -2.31. The highest BCUT2D eigenvalue weighted by Crippen LogP contribution is 2.58. The molecule has 1 aliphatic carbocycles. The molecule has 2 fully saturated rings. The Morgan fingerprint density at radius 2 is 2.05 bits per heavy atom. The van der Waals surface area contributed by atoms with Gasteiger partial charge in [0.25, 0.3) is 0 Å². The van der Waals surface area contributed by atoms with Crippen LogP contribution in [0.15, 0.2) is 36.7 Å². The van der Waals surface area contributed by atoms with Crippen LogP contribution < -0.4 is 15.0 Å². The number of fused-ring (bicyclic) bond motifs is 2. The number of hydrogen-bond donors (Lipinski definition) is 1. The molecule has 2 aromatic heterocycles. The zero-order valence-corrected chi connectivity index (χ0v) is 22.8. The summed E-state index contributed by atoms with van der Waals surface area (Å²) in [5.74, 6) is 1.18. The van der Waals surface area contributed by atoms with E-state index < -0.39 is 17.7 Å². The van der Waals surface area contributed by atoms with E-state index >= 15 is 0 Å². The molecule has 3 aromatic rings. The highest BCUT2D eigenvalue weighted by atomic mass is 19.1. The maximum Gasteiger partial charge on any atom is 0.407 e. The number of carbonyl (C=O) groups excluding carboxylic acids is 2. The minimum absolute atomic E-state index is 0.157. The van der Waals surface area contributed by atoms with Gasteiger partial charge in [-0.15, -0.1) is 0 Å². The Labute approximate surface area is 226 Å². The Kier molecular flexibility index (Phi) is 7.09. The Bertz CT molecular complexity index is 1390. The number of anilines is 1. The van der Waals surface area contributed by atoms with Gasteiger partial charge in [-0.2, -0.15) is 5.10 Å². The lowest BCUT2D eigenvalue weighted by Crippen LogP contribution is -2.38. The fourth-order valence-corrected chi connectivity index (χ4v) is 5.13. The first kappa shape index (κ1) is 26.7. The zero-order chi connectivity index (χ0) is 27.9. The number of nitrogens with zero attached hydrogens (tertiary/aromatic N) is 4. The van der Waals surface area contributed by atoms with Crippen LogP contribution in [0.2, 0.25) is 0 Å². The van der Waals surface area contributed by atoms with E-state index in [1.54, 1.807) is 40.0 Å². The number of ether oxygens (including phenoxy) is 3. The van der Waals surface area contributed by atoms with Crippen LogP contribution in [0, 0.1) is 17.7 Å². The van der Waals surface area contributed by atoms with Crippen LogP contribution in [0.4, 0.5) is 15.0 Å². The molecule has 1 aliphatic heterocycles. The minimum Gasteiger partial charge on any atom is -0.489 e. The molecule has 1 amide bonds. The van der Waals surface area contributed by atoms with Crippen molar-refractivity contribution in [3.8, 4) is 5.75 Å². The van der Waals surface area contributed by atoms with Crippen molar-refractivity contribution in [1.29, 1.82) is 0 Å². The molecular formula is C28H34FN5O5. The Morgan fingerprint density at radius 3 is 2.79 bits per heavy atom. The largest absolute Gasteiger partial charge is 0.489 e. The third-order valence-corrected chi connectivity index (χ3v) is 6.85. The molecule has 1 aromatic carbocycles. The van der Waals surface area contributed by atoms with E-state index in [1.165, 1.54) is 22.8 Å². The van der Waals surface area contributed by atoms with E-state index in [2.05, 4.69) is 15.3 Å². The lowest BCUT2D eigenvalue weighted by atomic mass is 10.0. The standard InChI is InChI=1S/C28H34FN5O5/c1-6-37-26(35)21-14-31-34-10-9-23(32-25(21)34)33-15-17-11-19(17)24(33)20-12-18(29)7-8-22(20)38-16(2)13-30-27(36)39-28(3,4)5/h7-10,12,14,16-17,19,24H,6,11,13,15H2,1-5H3,(H,30,36)/t16-,17?,19?,24?/m0/s1. The molecule has 3 heterocycles. The van der Waals surface area contributed by atoms with Crippen LogP contribution in [0.3, 0.4) is 0 Å². The van der Waals surface area contributed by atoms with Gasteiger partial charge in [0.2, 0.25) is 0 Å². The van der Waals surface area contributed by atoms with Crippen molar-refractivity contribution in [3.63, 3.8) is 0 Å². The molecule has 5 rings (SSSR count). The number of amides is 1. The topological polar surface area (TPSA) is 107 Å². The third-order valence-electron chi connectivity index (χ3n) is 6.85. The second kappa shape index (κ2) is 10.3. The first-order valence-corrected chi connectivity index (χ1v) is 13.2. The Balaban J connectivity index is 1.39. The summed E-state index contributed by atoms with van der Waals surface area (Å²) in [6, 6.07) is 6.21. The van der Waals surface area contributed by atoms with E-state index in [4.69, 9.17) is 19.2 Å². The average Bonchev–Trinajstić information content (AvgIpc) is 3.33. The number of carbonyl (C=O) groups is 2.